The van der Waals surface area contributed by atoms with Gasteiger partial charge in [0.05, 0.1) is 5.76 Å². The lowest BCUT2D eigenvalue weighted by atomic mass is 9.79. The molecule has 0 saturated heterocycles. The molecule has 4 rings (SSSR count). The fourth-order valence-corrected chi connectivity index (χ4v) is 4.49. The third-order valence-corrected chi connectivity index (χ3v) is 5.66. The van der Waals surface area contributed by atoms with Gasteiger partial charge >= 0.3 is 0 Å². The molecule has 4 unspecified atom stereocenters. The maximum atomic E-state index is 12.0. The van der Waals surface area contributed by atoms with Crippen LogP contribution in [0.5, 0.6) is 5.75 Å². The van der Waals surface area contributed by atoms with Crippen LogP contribution in [0.2, 0.25) is 0 Å². The van der Waals surface area contributed by atoms with Gasteiger partial charge in [-0.05, 0) is 73.3 Å². The third-order valence-electron chi connectivity index (χ3n) is 5.66. The molecule has 0 heterocycles. The van der Waals surface area contributed by atoms with Crippen LogP contribution in [0.25, 0.3) is 6.08 Å². The van der Waals surface area contributed by atoms with E-state index in [-0.39, 0.29) is 41.0 Å². The molecule has 0 aliphatic heterocycles. The number of allylic oxidation sites excluding steroid dienone is 3. The van der Waals surface area contributed by atoms with Crippen LogP contribution in [-0.4, -0.2) is 16.0 Å². The second-order valence-electron chi connectivity index (χ2n) is 7.27. The highest BCUT2D eigenvalue weighted by atomic mass is 16.3. The highest BCUT2D eigenvalue weighted by Gasteiger charge is 2.48. The SMILES string of the molecule is CC(=O)C1C2C=CC(C2)C1/C(O)=C/c1cc(O)ccc1C1CC1. The van der Waals surface area contributed by atoms with Gasteiger partial charge in [0, 0.05) is 11.8 Å². The zero-order valence-electron chi connectivity index (χ0n) is 13.3. The molecule has 3 aliphatic rings. The molecule has 120 valence electrons. The van der Waals surface area contributed by atoms with Gasteiger partial charge in [-0.3, -0.25) is 4.79 Å². The van der Waals surface area contributed by atoms with E-state index in [1.165, 1.54) is 18.4 Å². The van der Waals surface area contributed by atoms with E-state index in [2.05, 4.69) is 12.2 Å². The van der Waals surface area contributed by atoms with Crippen LogP contribution >= 0.6 is 0 Å². The minimum Gasteiger partial charge on any atom is -0.512 e. The van der Waals surface area contributed by atoms with E-state index in [4.69, 9.17) is 0 Å². The van der Waals surface area contributed by atoms with Crippen LogP contribution in [0, 0.1) is 23.7 Å². The quantitative estimate of drug-likeness (QED) is 0.647. The minimum absolute atomic E-state index is 0.108. The van der Waals surface area contributed by atoms with Crippen molar-refractivity contribution >= 4 is 11.9 Å². The summed E-state index contributed by atoms with van der Waals surface area (Å²) >= 11 is 0. The first kappa shape index (κ1) is 14.6. The number of carbonyl (C=O) groups is 1. The van der Waals surface area contributed by atoms with Crippen molar-refractivity contribution in [3.05, 3.63) is 47.2 Å². The van der Waals surface area contributed by atoms with Gasteiger partial charge in [0.15, 0.2) is 0 Å². The average Bonchev–Trinajstić information content (AvgIpc) is 3.13. The normalized spacial score (nSPS) is 32.5. The van der Waals surface area contributed by atoms with Gasteiger partial charge < -0.3 is 10.2 Å². The monoisotopic (exact) mass is 310 g/mol. The Labute approximate surface area is 136 Å². The number of benzene rings is 1. The predicted molar refractivity (Wildman–Crippen MR) is 89.1 cm³/mol. The van der Waals surface area contributed by atoms with Crippen LogP contribution in [0.1, 0.15) is 43.2 Å². The topological polar surface area (TPSA) is 57.5 Å². The van der Waals surface area contributed by atoms with E-state index in [1.54, 1.807) is 25.1 Å². The van der Waals surface area contributed by atoms with E-state index >= 15 is 0 Å². The molecule has 3 nitrogen and oxygen atoms in total. The number of fused-ring (bicyclic) bond motifs is 2. The molecule has 3 aliphatic carbocycles. The molecule has 2 bridgehead atoms. The average molecular weight is 310 g/mol. The number of phenols is 1. The van der Waals surface area contributed by atoms with Crippen molar-refractivity contribution in [2.45, 2.75) is 32.1 Å². The number of hydrogen-bond donors (Lipinski definition) is 2. The summed E-state index contributed by atoms with van der Waals surface area (Å²) in [6.45, 7) is 1.63. The summed E-state index contributed by atoms with van der Waals surface area (Å²) in [5, 5.41) is 20.5. The Morgan fingerprint density at radius 2 is 1.87 bits per heavy atom. The molecule has 0 spiro atoms. The summed E-state index contributed by atoms with van der Waals surface area (Å²) in [5.41, 5.74) is 2.08. The molecule has 0 aromatic heterocycles. The van der Waals surface area contributed by atoms with Gasteiger partial charge in [-0.1, -0.05) is 18.2 Å². The number of aliphatic hydroxyl groups is 1. The fraction of sp³-hybridized carbons (Fsp3) is 0.450. The van der Waals surface area contributed by atoms with Crippen molar-refractivity contribution in [1.29, 1.82) is 0 Å². The zero-order valence-corrected chi connectivity index (χ0v) is 13.3. The van der Waals surface area contributed by atoms with Crippen molar-refractivity contribution in [3.63, 3.8) is 0 Å². The Morgan fingerprint density at radius 1 is 1.17 bits per heavy atom. The Bertz CT molecular complexity index is 712. The van der Waals surface area contributed by atoms with Gasteiger partial charge in [0.25, 0.3) is 0 Å². The van der Waals surface area contributed by atoms with Gasteiger partial charge in [-0.25, -0.2) is 0 Å². The number of phenolic OH excluding ortho intramolecular Hbond substituents is 1. The number of Topliss-reactive ketones (excluding diaryl/α,β-unsaturated/α-hetero) is 1. The largest absolute Gasteiger partial charge is 0.512 e. The minimum atomic E-state index is -0.114. The predicted octanol–water partition coefficient (Wildman–Crippen LogP) is 4.20. The van der Waals surface area contributed by atoms with E-state index in [0.717, 1.165) is 12.0 Å². The molecule has 2 fully saturated rings. The Balaban J connectivity index is 1.70. The lowest BCUT2D eigenvalue weighted by molar-refractivity contribution is -0.122. The number of ketones is 1. The molecule has 0 radical (unpaired) electrons. The second-order valence-corrected chi connectivity index (χ2v) is 7.27. The first-order valence-corrected chi connectivity index (χ1v) is 8.47. The van der Waals surface area contributed by atoms with Gasteiger partial charge in [0.1, 0.15) is 11.5 Å². The van der Waals surface area contributed by atoms with Crippen LogP contribution in [0.4, 0.5) is 0 Å². The Kier molecular flexibility index (Phi) is 3.33. The van der Waals surface area contributed by atoms with Crippen LogP contribution in [0.15, 0.2) is 36.1 Å². The summed E-state index contributed by atoms with van der Waals surface area (Å²) < 4.78 is 0. The van der Waals surface area contributed by atoms with Crippen molar-refractivity contribution in [2.24, 2.45) is 23.7 Å². The number of hydrogen-bond acceptors (Lipinski definition) is 3. The molecule has 4 atom stereocenters. The molecular formula is C20H22O3. The maximum Gasteiger partial charge on any atom is 0.134 e. The van der Waals surface area contributed by atoms with Crippen LogP contribution in [0.3, 0.4) is 0 Å². The molecule has 3 heteroatoms. The number of rotatable bonds is 4. The smallest absolute Gasteiger partial charge is 0.134 e. The van der Waals surface area contributed by atoms with Gasteiger partial charge in [0.2, 0.25) is 0 Å². The van der Waals surface area contributed by atoms with Gasteiger partial charge in [-0.2, -0.15) is 0 Å². The maximum absolute atomic E-state index is 12.0. The molecule has 23 heavy (non-hydrogen) atoms. The first-order valence-electron chi connectivity index (χ1n) is 8.47. The summed E-state index contributed by atoms with van der Waals surface area (Å²) in [7, 11) is 0. The van der Waals surface area contributed by atoms with Crippen molar-refractivity contribution < 1.29 is 15.0 Å². The Morgan fingerprint density at radius 3 is 2.52 bits per heavy atom. The molecule has 1 aromatic rings. The van der Waals surface area contributed by atoms with Crippen molar-refractivity contribution in [1.82, 2.24) is 0 Å². The van der Waals surface area contributed by atoms with Crippen molar-refractivity contribution in [3.8, 4) is 5.75 Å². The molecular weight excluding hydrogens is 288 g/mol. The number of carbonyl (C=O) groups excluding carboxylic acids is 1. The zero-order chi connectivity index (χ0) is 16.1. The van der Waals surface area contributed by atoms with Gasteiger partial charge in [-0.15, -0.1) is 0 Å². The van der Waals surface area contributed by atoms with E-state index in [9.17, 15) is 15.0 Å². The molecule has 2 saturated carbocycles. The van der Waals surface area contributed by atoms with Crippen molar-refractivity contribution in [2.75, 3.05) is 0 Å². The number of aromatic hydroxyl groups is 1. The highest BCUT2D eigenvalue weighted by Crippen LogP contribution is 2.51. The Hall–Kier alpha value is -2.03. The molecule has 2 N–H and O–H groups in total. The summed E-state index contributed by atoms with van der Waals surface area (Å²) in [4.78, 5) is 12.0. The van der Waals surface area contributed by atoms with Crippen LogP contribution in [-0.2, 0) is 4.79 Å². The van der Waals surface area contributed by atoms with E-state index < -0.39 is 0 Å². The van der Waals surface area contributed by atoms with E-state index in [0.29, 0.717) is 5.92 Å². The van der Waals surface area contributed by atoms with Crippen LogP contribution < -0.4 is 0 Å². The lowest BCUT2D eigenvalue weighted by Gasteiger charge is -2.25. The standard InChI is InChI=1S/C20H22O3/c1-11(21)19-13-4-5-14(8-13)20(19)18(23)10-15-9-16(22)6-7-17(15)12-2-3-12/h4-7,9-10,12-14,19-20,22-23H,2-3,8H2,1H3/b18-10-. The number of aliphatic hydroxyl groups excluding tert-OH is 1. The van der Waals surface area contributed by atoms with E-state index in [1.807, 2.05) is 6.07 Å². The fourth-order valence-electron chi connectivity index (χ4n) is 4.49. The summed E-state index contributed by atoms with van der Waals surface area (Å²) in [5.74, 6) is 1.50. The molecule has 0 amide bonds. The first-order chi connectivity index (χ1) is 11.0. The second kappa shape index (κ2) is 5.26. The summed E-state index contributed by atoms with van der Waals surface area (Å²) in [6.07, 6.45) is 9.34. The molecule has 1 aromatic carbocycles. The third kappa shape index (κ3) is 2.48. The highest BCUT2D eigenvalue weighted by molar-refractivity contribution is 5.81. The lowest BCUT2D eigenvalue weighted by Crippen LogP contribution is -2.27. The summed E-state index contributed by atoms with van der Waals surface area (Å²) in [6, 6.07) is 5.38.